The van der Waals surface area contributed by atoms with Crippen molar-refractivity contribution in [1.29, 1.82) is 0 Å². The second-order valence-electron chi connectivity index (χ2n) is 3.81. The number of rotatable bonds is 2. The quantitative estimate of drug-likeness (QED) is 0.676. The molecule has 1 aromatic carbocycles. The smallest absolute Gasteiger partial charge is 0.246 e. The van der Waals surface area contributed by atoms with Gasteiger partial charge in [-0.15, -0.1) is 0 Å². The van der Waals surface area contributed by atoms with Crippen LogP contribution in [0.15, 0.2) is 18.2 Å². The molecular formula is C11H15N3O. The summed E-state index contributed by atoms with van der Waals surface area (Å²) in [5.41, 5.74) is 8.45. The van der Waals surface area contributed by atoms with Crippen LogP contribution in [0.25, 0.3) is 0 Å². The maximum Gasteiger partial charge on any atom is 0.246 e. The molecule has 1 heterocycles. The summed E-state index contributed by atoms with van der Waals surface area (Å²) in [7, 11) is 0. The Kier molecular flexibility index (Phi) is 2.60. The number of aryl methyl sites for hydroxylation is 1. The van der Waals surface area contributed by atoms with Gasteiger partial charge in [-0.2, -0.15) is 0 Å². The molecule has 80 valence electrons. The van der Waals surface area contributed by atoms with Crippen molar-refractivity contribution in [2.45, 2.75) is 19.4 Å². The topological polar surface area (TPSA) is 67.1 Å². The molecule has 15 heavy (non-hydrogen) atoms. The first kappa shape index (κ1) is 9.98. The minimum absolute atomic E-state index is 0.00296. The van der Waals surface area contributed by atoms with Gasteiger partial charge in [-0.05, 0) is 37.6 Å². The van der Waals surface area contributed by atoms with Crippen LogP contribution in [0.5, 0.6) is 0 Å². The third-order valence-corrected chi connectivity index (χ3v) is 2.53. The van der Waals surface area contributed by atoms with Gasteiger partial charge in [0.25, 0.3) is 0 Å². The Morgan fingerprint density at radius 2 is 2.20 bits per heavy atom. The maximum absolute atomic E-state index is 11.6. The number of carbonyl (C=O) groups excluding carboxylic acids is 1. The lowest BCUT2D eigenvalue weighted by Gasteiger charge is -2.26. The lowest BCUT2D eigenvalue weighted by Crippen LogP contribution is -2.40. The Hall–Kier alpha value is -1.55. The highest BCUT2D eigenvalue weighted by atomic mass is 16.2. The molecule has 1 aromatic rings. The summed E-state index contributed by atoms with van der Waals surface area (Å²) in [4.78, 5) is 11.6. The number of anilines is 2. The van der Waals surface area contributed by atoms with Crippen LogP contribution in [0.1, 0.15) is 12.0 Å². The fourth-order valence-electron chi connectivity index (χ4n) is 1.73. The molecule has 1 amide bonds. The molecule has 2 rings (SSSR count). The molecule has 1 aliphatic rings. The molecule has 0 saturated carbocycles. The second-order valence-corrected chi connectivity index (χ2v) is 3.81. The van der Waals surface area contributed by atoms with E-state index >= 15 is 0 Å². The van der Waals surface area contributed by atoms with Gasteiger partial charge in [0, 0.05) is 0 Å². The minimum atomic E-state index is -0.204. The van der Waals surface area contributed by atoms with Crippen LogP contribution in [0.2, 0.25) is 0 Å². The zero-order valence-corrected chi connectivity index (χ0v) is 8.71. The van der Waals surface area contributed by atoms with Crippen molar-refractivity contribution >= 4 is 17.3 Å². The van der Waals surface area contributed by atoms with Crippen molar-refractivity contribution in [2.24, 2.45) is 5.73 Å². The van der Waals surface area contributed by atoms with Gasteiger partial charge < -0.3 is 16.4 Å². The van der Waals surface area contributed by atoms with E-state index in [4.69, 9.17) is 5.73 Å². The fourth-order valence-corrected chi connectivity index (χ4v) is 1.73. The first-order valence-electron chi connectivity index (χ1n) is 5.09. The van der Waals surface area contributed by atoms with Gasteiger partial charge in [0.15, 0.2) is 0 Å². The zero-order chi connectivity index (χ0) is 10.8. The Bertz CT molecular complexity index is 389. The van der Waals surface area contributed by atoms with Crippen LogP contribution in [-0.4, -0.2) is 18.5 Å². The van der Waals surface area contributed by atoms with Gasteiger partial charge in [-0.1, -0.05) is 6.07 Å². The number of fused-ring (bicyclic) bond motifs is 1. The fraction of sp³-hybridized carbons (Fsp3) is 0.364. The van der Waals surface area contributed by atoms with Crippen LogP contribution >= 0.6 is 0 Å². The number of hydrogen-bond donors (Lipinski definition) is 3. The number of benzene rings is 1. The van der Waals surface area contributed by atoms with Crippen molar-refractivity contribution in [1.82, 2.24) is 0 Å². The Balaban J connectivity index is 2.26. The first-order valence-corrected chi connectivity index (χ1v) is 5.09. The van der Waals surface area contributed by atoms with E-state index in [1.165, 1.54) is 5.56 Å². The third kappa shape index (κ3) is 1.94. The Morgan fingerprint density at radius 1 is 1.40 bits per heavy atom. The highest BCUT2D eigenvalue weighted by Gasteiger charge is 2.24. The van der Waals surface area contributed by atoms with Crippen molar-refractivity contribution in [3.05, 3.63) is 23.8 Å². The molecule has 4 nitrogen and oxygen atoms in total. The van der Waals surface area contributed by atoms with E-state index in [2.05, 4.69) is 10.6 Å². The highest BCUT2D eigenvalue weighted by Crippen LogP contribution is 2.27. The summed E-state index contributed by atoms with van der Waals surface area (Å²) < 4.78 is 0. The van der Waals surface area contributed by atoms with Gasteiger partial charge in [0.2, 0.25) is 5.91 Å². The van der Waals surface area contributed by atoms with E-state index in [-0.39, 0.29) is 11.9 Å². The summed E-state index contributed by atoms with van der Waals surface area (Å²) in [6, 6.07) is 5.71. The Morgan fingerprint density at radius 3 is 2.93 bits per heavy atom. The van der Waals surface area contributed by atoms with Crippen LogP contribution in [0.4, 0.5) is 11.4 Å². The van der Waals surface area contributed by atoms with Gasteiger partial charge in [-0.25, -0.2) is 0 Å². The standard InChI is InChI=1S/C11H15N3O/c1-7-2-3-8-10(6-7)13-9(4-5-12)11(15)14-8/h2-3,6,9,13H,4-5,12H2,1H3,(H,14,15). The van der Waals surface area contributed by atoms with Crippen molar-refractivity contribution in [3.63, 3.8) is 0 Å². The molecule has 0 bridgehead atoms. The lowest BCUT2D eigenvalue weighted by atomic mass is 10.1. The van der Waals surface area contributed by atoms with Crippen LogP contribution in [0.3, 0.4) is 0 Å². The van der Waals surface area contributed by atoms with Crippen LogP contribution in [0, 0.1) is 6.92 Å². The number of amides is 1. The maximum atomic E-state index is 11.6. The molecule has 1 atom stereocenters. The lowest BCUT2D eigenvalue weighted by molar-refractivity contribution is -0.117. The van der Waals surface area contributed by atoms with E-state index in [0.717, 1.165) is 11.4 Å². The summed E-state index contributed by atoms with van der Waals surface area (Å²) >= 11 is 0. The van der Waals surface area contributed by atoms with E-state index in [0.29, 0.717) is 13.0 Å². The van der Waals surface area contributed by atoms with Crippen molar-refractivity contribution in [3.8, 4) is 0 Å². The van der Waals surface area contributed by atoms with Crippen LogP contribution in [-0.2, 0) is 4.79 Å². The summed E-state index contributed by atoms with van der Waals surface area (Å²) in [6.45, 7) is 2.53. The van der Waals surface area contributed by atoms with Crippen molar-refractivity contribution < 1.29 is 4.79 Å². The predicted octanol–water partition coefficient (Wildman–Crippen LogP) is 1.08. The molecule has 1 unspecified atom stereocenters. The normalized spacial score (nSPS) is 19.1. The predicted molar refractivity (Wildman–Crippen MR) is 60.9 cm³/mol. The van der Waals surface area contributed by atoms with E-state index < -0.39 is 0 Å². The SMILES string of the molecule is Cc1ccc2c(c1)NC(CCN)C(=O)N2. The monoisotopic (exact) mass is 205 g/mol. The molecule has 0 saturated heterocycles. The molecule has 0 fully saturated rings. The minimum Gasteiger partial charge on any atom is -0.372 e. The van der Waals surface area contributed by atoms with Crippen molar-refractivity contribution in [2.75, 3.05) is 17.2 Å². The molecule has 4 heteroatoms. The Labute approximate surface area is 88.9 Å². The molecule has 0 aromatic heterocycles. The second kappa shape index (κ2) is 3.90. The molecule has 0 radical (unpaired) electrons. The largest absolute Gasteiger partial charge is 0.372 e. The molecule has 1 aliphatic heterocycles. The number of hydrogen-bond acceptors (Lipinski definition) is 3. The summed E-state index contributed by atoms with van der Waals surface area (Å²) in [5.74, 6) is -0.00296. The number of carbonyl (C=O) groups is 1. The molecule has 0 aliphatic carbocycles. The van der Waals surface area contributed by atoms with E-state index in [1.807, 2.05) is 25.1 Å². The van der Waals surface area contributed by atoms with Gasteiger partial charge in [0.05, 0.1) is 11.4 Å². The summed E-state index contributed by atoms with van der Waals surface area (Å²) in [5, 5.41) is 6.06. The van der Waals surface area contributed by atoms with E-state index in [9.17, 15) is 4.79 Å². The van der Waals surface area contributed by atoms with Gasteiger partial charge in [0.1, 0.15) is 6.04 Å². The van der Waals surface area contributed by atoms with Crippen LogP contribution < -0.4 is 16.4 Å². The number of nitrogens with one attached hydrogen (secondary N) is 2. The molecule has 4 N–H and O–H groups in total. The molecule has 0 spiro atoms. The zero-order valence-electron chi connectivity index (χ0n) is 8.71. The molecular weight excluding hydrogens is 190 g/mol. The van der Waals surface area contributed by atoms with Gasteiger partial charge >= 0.3 is 0 Å². The number of nitrogens with two attached hydrogens (primary N) is 1. The highest BCUT2D eigenvalue weighted by molar-refractivity contribution is 6.02. The average Bonchev–Trinajstić information content (AvgIpc) is 2.20. The van der Waals surface area contributed by atoms with Gasteiger partial charge in [-0.3, -0.25) is 4.79 Å². The summed E-state index contributed by atoms with van der Waals surface area (Å²) in [6.07, 6.45) is 0.652. The first-order chi connectivity index (χ1) is 7.20. The van der Waals surface area contributed by atoms with E-state index in [1.54, 1.807) is 0 Å². The third-order valence-electron chi connectivity index (χ3n) is 2.53. The average molecular weight is 205 g/mol.